The summed E-state index contributed by atoms with van der Waals surface area (Å²) in [5.41, 5.74) is 0.893. The Balaban J connectivity index is 1.49. The van der Waals surface area contributed by atoms with Crippen LogP contribution in [0.5, 0.6) is 0 Å². The van der Waals surface area contributed by atoms with Crippen LogP contribution in [-0.2, 0) is 17.9 Å². The largest absolute Gasteiger partial charge is 0.351 e. The molecule has 2 atom stereocenters. The second kappa shape index (κ2) is 8.20. The standard InChI is InChI=1S/C18H24FN5O/c1-14(18(25)21-9-15-4-6-17(19)7-5-15)23-8-2-3-16(10-23)11-24-13-20-12-22-24/h4-7,12-14,16H,2-3,8-11H2,1H3,(H,21,25)/t14-,16+/m0/s1. The number of nitrogens with zero attached hydrogens (tertiary/aromatic N) is 4. The van der Waals surface area contributed by atoms with Gasteiger partial charge < -0.3 is 5.32 Å². The van der Waals surface area contributed by atoms with Crippen molar-refractivity contribution in [2.75, 3.05) is 13.1 Å². The number of hydrogen-bond acceptors (Lipinski definition) is 4. The van der Waals surface area contributed by atoms with Crippen LogP contribution in [0.3, 0.4) is 0 Å². The van der Waals surface area contributed by atoms with Gasteiger partial charge in [-0.3, -0.25) is 14.4 Å². The van der Waals surface area contributed by atoms with Gasteiger partial charge >= 0.3 is 0 Å². The molecule has 0 radical (unpaired) electrons. The molecule has 0 saturated carbocycles. The molecule has 0 spiro atoms. The Labute approximate surface area is 147 Å². The van der Waals surface area contributed by atoms with Gasteiger partial charge in [-0.15, -0.1) is 0 Å². The van der Waals surface area contributed by atoms with Gasteiger partial charge in [-0.25, -0.2) is 9.37 Å². The van der Waals surface area contributed by atoms with Crippen LogP contribution in [0.2, 0.25) is 0 Å². The van der Waals surface area contributed by atoms with E-state index in [4.69, 9.17) is 0 Å². The van der Waals surface area contributed by atoms with Crippen LogP contribution in [0.15, 0.2) is 36.9 Å². The molecule has 1 aromatic heterocycles. The molecule has 3 rings (SSSR count). The number of halogens is 1. The maximum atomic E-state index is 12.9. The molecule has 0 unspecified atom stereocenters. The first-order valence-corrected chi connectivity index (χ1v) is 8.70. The lowest BCUT2D eigenvalue weighted by molar-refractivity contribution is -0.126. The number of aromatic nitrogens is 3. The fraction of sp³-hybridized carbons (Fsp3) is 0.500. The zero-order valence-electron chi connectivity index (χ0n) is 14.4. The van der Waals surface area contributed by atoms with Crippen LogP contribution < -0.4 is 5.32 Å². The minimum absolute atomic E-state index is 0.00531. The fourth-order valence-corrected chi connectivity index (χ4v) is 3.29. The molecule has 1 aromatic carbocycles. The van der Waals surface area contributed by atoms with Crippen molar-refractivity contribution in [2.45, 2.75) is 38.9 Å². The van der Waals surface area contributed by atoms with Gasteiger partial charge in [-0.05, 0) is 49.9 Å². The summed E-state index contributed by atoms with van der Waals surface area (Å²) in [5.74, 6) is 0.212. The summed E-state index contributed by atoms with van der Waals surface area (Å²) in [6, 6.07) is 6.01. The zero-order valence-corrected chi connectivity index (χ0v) is 14.4. The van der Waals surface area contributed by atoms with Crippen molar-refractivity contribution in [1.29, 1.82) is 0 Å². The van der Waals surface area contributed by atoms with Crippen molar-refractivity contribution in [3.63, 3.8) is 0 Å². The van der Waals surface area contributed by atoms with Gasteiger partial charge in [0.15, 0.2) is 0 Å². The van der Waals surface area contributed by atoms with Gasteiger partial charge in [0.05, 0.1) is 6.04 Å². The maximum Gasteiger partial charge on any atom is 0.237 e. The van der Waals surface area contributed by atoms with Crippen molar-refractivity contribution < 1.29 is 9.18 Å². The van der Waals surface area contributed by atoms with Crippen LogP contribution in [0.1, 0.15) is 25.3 Å². The van der Waals surface area contributed by atoms with Gasteiger partial charge in [-0.1, -0.05) is 12.1 Å². The molecule has 0 bridgehead atoms. The summed E-state index contributed by atoms with van der Waals surface area (Å²) in [5, 5.41) is 7.11. The molecule has 1 aliphatic rings. The fourth-order valence-electron chi connectivity index (χ4n) is 3.29. The van der Waals surface area contributed by atoms with E-state index >= 15 is 0 Å². The third kappa shape index (κ3) is 4.85. The molecule has 134 valence electrons. The normalized spacial score (nSPS) is 19.5. The second-order valence-electron chi connectivity index (χ2n) is 6.64. The molecule has 1 saturated heterocycles. The summed E-state index contributed by atoms with van der Waals surface area (Å²) in [6.45, 7) is 5.00. The van der Waals surface area contributed by atoms with Crippen molar-refractivity contribution >= 4 is 5.91 Å². The number of piperidine rings is 1. The molecule has 2 heterocycles. The maximum absolute atomic E-state index is 12.9. The van der Waals surface area contributed by atoms with Crippen LogP contribution >= 0.6 is 0 Å². The highest BCUT2D eigenvalue weighted by Gasteiger charge is 2.27. The van der Waals surface area contributed by atoms with E-state index in [-0.39, 0.29) is 17.8 Å². The summed E-state index contributed by atoms with van der Waals surface area (Å²) in [4.78, 5) is 18.7. The Bertz CT molecular complexity index is 673. The van der Waals surface area contributed by atoms with Crippen LogP contribution in [0.25, 0.3) is 0 Å². The summed E-state index contributed by atoms with van der Waals surface area (Å²) in [7, 11) is 0. The van der Waals surface area contributed by atoms with E-state index in [9.17, 15) is 9.18 Å². The predicted octanol–water partition coefficient (Wildman–Crippen LogP) is 1.83. The van der Waals surface area contributed by atoms with Gasteiger partial charge in [-0.2, -0.15) is 5.10 Å². The first kappa shape index (κ1) is 17.5. The predicted molar refractivity (Wildman–Crippen MR) is 92.0 cm³/mol. The number of benzene rings is 1. The third-order valence-corrected chi connectivity index (χ3v) is 4.77. The monoisotopic (exact) mass is 345 g/mol. The molecule has 1 fully saturated rings. The quantitative estimate of drug-likeness (QED) is 0.868. The highest BCUT2D eigenvalue weighted by Crippen LogP contribution is 2.20. The van der Waals surface area contributed by atoms with Crippen LogP contribution in [-0.4, -0.2) is 44.7 Å². The van der Waals surface area contributed by atoms with Crippen molar-refractivity contribution in [2.24, 2.45) is 5.92 Å². The van der Waals surface area contributed by atoms with E-state index in [1.807, 2.05) is 11.6 Å². The summed E-state index contributed by atoms with van der Waals surface area (Å²) >= 11 is 0. The van der Waals surface area contributed by atoms with Crippen molar-refractivity contribution in [3.8, 4) is 0 Å². The number of nitrogens with one attached hydrogen (secondary N) is 1. The van der Waals surface area contributed by atoms with E-state index in [0.717, 1.165) is 38.0 Å². The van der Waals surface area contributed by atoms with E-state index in [1.165, 1.54) is 12.1 Å². The number of carbonyl (C=O) groups is 1. The molecule has 1 amide bonds. The second-order valence-corrected chi connectivity index (χ2v) is 6.64. The summed E-state index contributed by atoms with van der Waals surface area (Å²) < 4.78 is 14.8. The highest BCUT2D eigenvalue weighted by atomic mass is 19.1. The first-order chi connectivity index (χ1) is 12.1. The number of hydrogen-bond donors (Lipinski definition) is 1. The Hall–Kier alpha value is -2.28. The number of carbonyl (C=O) groups excluding carboxylic acids is 1. The first-order valence-electron chi connectivity index (χ1n) is 8.70. The van der Waals surface area contributed by atoms with Gasteiger partial charge in [0.2, 0.25) is 5.91 Å². The molecule has 25 heavy (non-hydrogen) atoms. The summed E-state index contributed by atoms with van der Waals surface area (Å²) in [6.07, 6.45) is 5.50. The Morgan fingerprint density at radius 3 is 2.92 bits per heavy atom. The minimum Gasteiger partial charge on any atom is -0.351 e. The van der Waals surface area contributed by atoms with E-state index < -0.39 is 0 Å². The smallest absolute Gasteiger partial charge is 0.237 e. The zero-order chi connectivity index (χ0) is 17.6. The topological polar surface area (TPSA) is 63.1 Å². The van der Waals surface area contributed by atoms with Gasteiger partial charge in [0.1, 0.15) is 18.5 Å². The molecular formula is C18H24FN5O. The molecule has 2 aromatic rings. The molecule has 0 aliphatic carbocycles. The number of amides is 1. The number of rotatable bonds is 6. The minimum atomic E-state index is -0.268. The number of likely N-dealkylation sites (tertiary alicyclic amines) is 1. The average Bonchev–Trinajstić information content (AvgIpc) is 3.13. The van der Waals surface area contributed by atoms with Crippen molar-refractivity contribution in [1.82, 2.24) is 25.0 Å². The van der Waals surface area contributed by atoms with Gasteiger partial charge in [0, 0.05) is 19.6 Å². The molecule has 7 heteroatoms. The van der Waals surface area contributed by atoms with Crippen molar-refractivity contribution in [3.05, 3.63) is 48.3 Å². The molecule has 1 N–H and O–H groups in total. The lowest BCUT2D eigenvalue weighted by Crippen LogP contribution is -2.49. The Morgan fingerprint density at radius 1 is 1.40 bits per heavy atom. The third-order valence-electron chi connectivity index (χ3n) is 4.77. The lowest BCUT2D eigenvalue weighted by atomic mass is 9.96. The van der Waals surface area contributed by atoms with E-state index in [2.05, 4.69) is 20.3 Å². The molecule has 1 aliphatic heterocycles. The highest BCUT2D eigenvalue weighted by molar-refractivity contribution is 5.81. The SMILES string of the molecule is C[C@@H](C(=O)NCc1ccc(F)cc1)N1CCC[C@@H](Cn2cncn2)C1. The Morgan fingerprint density at radius 2 is 2.20 bits per heavy atom. The molecular weight excluding hydrogens is 321 g/mol. The van der Waals surface area contributed by atoms with Crippen LogP contribution in [0, 0.1) is 11.7 Å². The van der Waals surface area contributed by atoms with E-state index in [0.29, 0.717) is 12.5 Å². The van der Waals surface area contributed by atoms with E-state index in [1.54, 1.807) is 24.8 Å². The van der Waals surface area contributed by atoms with Gasteiger partial charge in [0.25, 0.3) is 0 Å². The Kier molecular flexibility index (Phi) is 5.75. The average molecular weight is 345 g/mol. The van der Waals surface area contributed by atoms with Crippen LogP contribution in [0.4, 0.5) is 4.39 Å². The molecule has 6 nitrogen and oxygen atoms in total. The lowest BCUT2D eigenvalue weighted by Gasteiger charge is -2.36.